The molecule has 5 nitrogen and oxygen atoms in total. The topological polar surface area (TPSA) is 46.8 Å². The van der Waals surface area contributed by atoms with E-state index in [1.807, 2.05) is 22.9 Å². The Morgan fingerprint density at radius 2 is 1.67 bits per heavy atom. The SMILES string of the molecule is Clc1ccc([C@@H](c2nnnn2CCc2ccccc2)N2CCc3ccccc32)cc1. The number of halogens is 1. The van der Waals surface area contributed by atoms with E-state index in [0.29, 0.717) is 0 Å². The summed E-state index contributed by atoms with van der Waals surface area (Å²) in [5.41, 5.74) is 5.01. The second-order valence-electron chi connectivity index (χ2n) is 7.52. The van der Waals surface area contributed by atoms with E-state index < -0.39 is 0 Å². The van der Waals surface area contributed by atoms with Gasteiger partial charge in [0.25, 0.3) is 0 Å². The van der Waals surface area contributed by atoms with Crippen LogP contribution in [0, 0.1) is 0 Å². The van der Waals surface area contributed by atoms with E-state index in [0.717, 1.165) is 42.3 Å². The van der Waals surface area contributed by atoms with Crippen LogP contribution in [-0.4, -0.2) is 26.8 Å². The first kappa shape index (κ1) is 18.8. The zero-order chi connectivity index (χ0) is 20.3. The molecular weight excluding hydrogens is 394 g/mol. The fraction of sp³-hybridized carbons (Fsp3) is 0.208. The van der Waals surface area contributed by atoms with Gasteiger partial charge in [-0.1, -0.05) is 72.3 Å². The van der Waals surface area contributed by atoms with Crippen LogP contribution in [-0.2, 0) is 19.4 Å². The van der Waals surface area contributed by atoms with Gasteiger partial charge in [0, 0.05) is 23.8 Å². The highest BCUT2D eigenvalue weighted by Gasteiger charge is 2.32. The van der Waals surface area contributed by atoms with Crippen LogP contribution in [0.2, 0.25) is 5.02 Å². The average Bonchev–Trinajstić information content (AvgIpc) is 3.42. The second kappa shape index (κ2) is 8.28. The Bertz CT molecular complexity index is 1120. The average molecular weight is 416 g/mol. The highest BCUT2D eigenvalue weighted by molar-refractivity contribution is 6.30. The van der Waals surface area contributed by atoms with Crippen molar-refractivity contribution in [1.29, 1.82) is 0 Å². The summed E-state index contributed by atoms with van der Waals surface area (Å²) in [5.74, 6) is 0.852. The third kappa shape index (κ3) is 3.68. The van der Waals surface area contributed by atoms with Crippen molar-refractivity contribution >= 4 is 17.3 Å². The lowest BCUT2D eigenvalue weighted by Gasteiger charge is -2.30. The minimum Gasteiger partial charge on any atom is -0.357 e. The monoisotopic (exact) mass is 415 g/mol. The third-order valence-electron chi connectivity index (χ3n) is 5.68. The van der Waals surface area contributed by atoms with Crippen molar-refractivity contribution < 1.29 is 0 Å². The number of aryl methyl sites for hydroxylation is 2. The van der Waals surface area contributed by atoms with Crippen LogP contribution in [0.15, 0.2) is 78.9 Å². The van der Waals surface area contributed by atoms with E-state index in [9.17, 15) is 0 Å². The van der Waals surface area contributed by atoms with E-state index in [1.54, 1.807) is 0 Å². The number of tetrazole rings is 1. The van der Waals surface area contributed by atoms with Gasteiger partial charge >= 0.3 is 0 Å². The van der Waals surface area contributed by atoms with Gasteiger partial charge in [-0.05, 0) is 58.2 Å². The molecule has 30 heavy (non-hydrogen) atoms. The summed E-state index contributed by atoms with van der Waals surface area (Å²) in [6.45, 7) is 1.66. The van der Waals surface area contributed by atoms with Gasteiger partial charge in [-0.3, -0.25) is 0 Å². The Morgan fingerprint density at radius 1 is 0.900 bits per heavy atom. The zero-order valence-corrected chi connectivity index (χ0v) is 17.3. The number of hydrogen-bond acceptors (Lipinski definition) is 4. The minimum atomic E-state index is -0.0725. The summed E-state index contributed by atoms with van der Waals surface area (Å²) in [6.07, 6.45) is 1.90. The molecule has 0 N–H and O–H groups in total. The molecule has 0 bridgehead atoms. The Balaban J connectivity index is 1.52. The van der Waals surface area contributed by atoms with Crippen molar-refractivity contribution in [1.82, 2.24) is 20.2 Å². The molecule has 0 aliphatic carbocycles. The number of anilines is 1. The fourth-order valence-electron chi connectivity index (χ4n) is 4.19. The molecular formula is C24H22ClN5. The molecule has 1 atom stereocenters. The Labute approximate surface area is 180 Å². The number of fused-ring (bicyclic) bond motifs is 1. The van der Waals surface area contributed by atoms with Gasteiger partial charge < -0.3 is 4.90 Å². The lowest BCUT2D eigenvalue weighted by molar-refractivity contribution is 0.539. The second-order valence-corrected chi connectivity index (χ2v) is 7.96. The molecule has 150 valence electrons. The number of rotatable bonds is 6. The molecule has 0 saturated heterocycles. The third-order valence-corrected chi connectivity index (χ3v) is 5.93. The molecule has 5 rings (SSSR count). The summed E-state index contributed by atoms with van der Waals surface area (Å²) in [5, 5.41) is 13.6. The number of benzene rings is 3. The first-order chi connectivity index (χ1) is 14.8. The molecule has 0 unspecified atom stereocenters. The van der Waals surface area contributed by atoms with Crippen LogP contribution in [0.1, 0.15) is 28.6 Å². The summed E-state index contributed by atoms with van der Waals surface area (Å²) in [7, 11) is 0. The summed E-state index contributed by atoms with van der Waals surface area (Å²) in [4.78, 5) is 2.41. The van der Waals surface area contributed by atoms with E-state index in [-0.39, 0.29) is 6.04 Å². The standard InChI is InChI=1S/C24H22ClN5/c25-21-12-10-20(11-13-21)23(29-16-15-19-8-4-5-9-22(19)29)24-26-27-28-30(24)17-14-18-6-2-1-3-7-18/h1-13,23H,14-17H2/t23-/m0/s1. The van der Waals surface area contributed by atoms with Crippen molar-refractivity contribution in [3.63, 3.8) is 0 Å². The summed E-state index contributed by atoms with van der Waals surface area (Å²) in [6, 6.07) is 27.0. The molecule has 6 heteroatoms. The van der Waals surface area contributed by atoms with Gasteiger partial charge in [0.1, 0.15) is 6.04 Å². The van der Waals surface area contributed by atoms with Gasteiger partial charge in [0.2, 0.25) is 0 Å². The van der Waals surface area contributed by atoms with Crippen LogP contribution in [0.25, 0.3) is 0 Å². The molecule has 0 fully saturated rings. The van der Waals surface area contributed by atoms with Crippen molar-refractivity contribution in [3.8, 4) is 0 Å². The molecule has 1 aliphatic rings. The van der Waals surface area contributed by atoms with Gasteiger partial charge in [0.15, 0.2) is 5.82 Å². The van der Waals surface area contributed by atoms with E-state index in [1.165, 1.54) is 16.8 Å². The first-order valence-electron chi connectivity index (χ1n) is 10.2. The molecule has 0 spiro atoms. The molecule has 1 aromatic heterocycles. The maximum Gasteiger partial charge on any atom is 0.178 e. The quantitative estimate of drug-likeness (QED) is 0.457. The molecule has 0 amide bonds. The Kier molecular flexibility index (Phi) is 5.20. The van der Waals surface area contributed by atoms with Crippen molar-refractivity contribution in [2.75, 3.05) is 11.4 Å². The van der Waals surface area contributed by atoms with Crippen LogP contribution in [0.5, 0.6) is 0 Å². The molecule has 0 saturated carbocycles. The fourth-order valence-corrected chi connectivity index (χ4v) is 4.32. The predicted molar refractivity (Wildman–Crippen MR) is 119 cm³/mol. The van der Waals surface area contributed by atoms with E-state index in [2.05, 4.69) is 81.1 Å². The lowest BCUT2D eigenvalue weighted by atomic mass is 10.0. The van der Waals surface area contributed by atoms with Crippen molar-refractivity contribution in [2.45, 2.75) is 25.4 Å². The molecule has 2 heterocycles. The molecule has 3 aromatic carbocycles. The smallest absolute Gasteiger partial charge is 0.178 e. The van der Waals surface area contributed by atoms with Crippen molar-refractivity contribution in [2.24, 2.45) is 0 Å². The Morgan fingerprint density at radius 3 is 2.50 bits per heavy atom. The maximum atomic E-state index is 6.17. The van der Waals surface area contributed by atoms with Crippen LogP contribution < -0.4 is 4.90 Å². The van der Waals surface area contributed by atoms with E-state index >= 15 is 0 Å². The number of nitrogens with zero attached hydrogens (tertiary/aromatic N) is 5. The van der Waals surface area contributed by atoms with Crippen LogP contribution in [0.3, 0.4) is 0 Å². The molecule has 4 aromatic rings. The number of hydrogen-bond donors (Lipinski definition) is 0. The predicted octanol–water partition coefficient (Wildman–Crippen LogP) is 4.72. The van der Waals surface area contributed by atoms with Gasteiger partial charge in [-0.25, -0.2) is 4.68 Å². The van der Waals surface area contributed by atoms with Gasteiger partial charge in [0.05, 0.1) is 0 Å². The maximum absolute atomic E-state index is 6.17. The minimum absolute atomic E-state index is 0.0725. The highest BCUT2D eigenvalue weighted by atomic mass is 35.5. The zero-order valence-electron chi connectivity index (χ0n) is 16.5. The van der Waals surface area contributed by atoms with Crippen LogP contribution in [0.4, 0.5) is 5.69 Å². The van der Waals surface area contributed by atoms with Gasteiger partial charge in [-0.15, -0.1) is 5.10 Å². The normalized spacial score (nSPS) is 14.0. The lowest BCUT2D eigenvalue weighted by Crippen LogP contribution is -2.30. The summed E-state index contributed by atoms with van der Waals surface area (Å²) < 4.78 is 1.94. The molecule has 1 aliphatic heterocycles. The number of para-hydroxylation sites is 1. The van der Waals surface area contributed by atoms with Crippen molar-refractivity contribution in [3.05, 3.63) is 106 Å². The van der Waals surface area contributed by atoms with Gasteiger partial charge in [-0.2, -0.15) is 0 Å². The van der Waals surface area contributed by atoms with E-state index in [4.69, 9.17) is 11.6 Å². The summed E-state index contributed by atoms with van der Waals surface area (Å²) >= 11 is 6.17. The Hall–Kier alpha value is -3.18. The highest BCUT2D eigenvalue weighted by Crippen LogP contribution is 2.38. The molecule has 0 radical (unpaired) electrons. The largest absolute Gasteiger partial charge is 0.357 e. The number of aromatic nitrogens is 4. The van der Waals surface area contributed by atoms with Crippen LogP contribution >= 0.6 is 11.6 Å². The first-order valence-corrected chi connectivity index (χ1v) is 10.6.